The second-order valence-electron chi connectivity index (χ2n) is 3.71. The van der Waals surface area contributed by atoms with Gasteiger partial charge in [-0.15, -0.1) is 0 Å². The Labute approximate surface area is 111 Å². The van der Waals surface area contributed by atoms with Crippen molar-refractivity contribution in [2.45, 2.75) is 6.54 Å². The van der Waals surface area contributed by atoms with Crippen LogP contribution in [-0.2, 0) is 6.54 Å². The van der Waals surface area contributed by atoms with Gasteiger partial charge in [0, 0.05) is 18.2 Å². The molecule has 2 N–H and O–H groups in total. The Morgan fingerprint density at radius 3 is 2.56 bits per heavy atom. The average molecular weight is 264 g/mol. The van der Waals surface area contributed by atoms with Crippen LogP contribution >= 0.6 is 11.6 Å². The molecule has 2 aromatic carbocycles. The summed E-state index contributed by atoms with van der Waals surface area (Å²) in [6.45, 7) is 0.393. The zero-order valence-corrected chi connectivity index (χ0v) is 10.8. The van der Waals surface area contributed by atoms with Gasteiger partial charge in [-0.2, -0.15) is 0 Å². The molecule has 2 aromatic rings. The van der Waals surface area contributed by atoms with Crippen molar-refractivity contribution >= 4 is 11.6 Å². The first-order valence-electron chi connectivity index (χ1n) is 5.54. The molecule has 0 saturated heterocycles. The van der Waals surface area contributed by atoms with Gasteiger partial charge in [-0.25, -0.2) is 0 Å². The molecule has 0 bridgehead atoms. The maximum atomic E-state index is 6.06. The summed E-state index contributed by atoms with van der Waals surface area (Å²) in [5, 5.41) is 0.559. The molecule has 4 heteroatoms. The summed E-state index contributed by atoms with van der Waals surface area (Å²) < 4.78 is 11.0. The van der Waals surface area contributed by atoms with Gasteiger partial charge < -0.3 is 15.2 Å². The van der Waals surface area contributed by atoms with Crippen molar-refractivity contribution in [3.63, 3.8) is 0 Å². The summed E-state index contributed by atoms with van der Waals surface area (Å²) >= 11 is 6.06. The van der Waals surface area contributed by atoms with Gasteiger partial charge in [0.15, 0.2) is 0 Å². The summed E-state index contributed by atoms with van der Waals surface area (Å²) in [7, 11) is 1.61. The zero-order chi connectivity index (χ0) is 13.0. The minimum absolute atomic E-state index is 0.393. The molecule has 0 saturated carbocycles. The molecule has 0 fully saturated rings. The molecule has 18 heavy (non-hydrogen) atoms. The van der Waals surface area contributed by atoms with Gasteiger partial charge in [0.25, 0.3) is 0 Å². The predicted octanol–water partition coefficient (Wildman–Crippen LogP) is 3.60. The lowest BCUT2D eigenvalue weighted by Crippen LogP contribution is -2.00. The first-order chi connectivity index (χ1) is 8.74. The van der Waals surface area contributed by atoms with Gasteiger partial charge in [0.2, 0.25) is 0 Å². The largest absolute Gasteiger partial charge is 0.497 e. The topological polar surface area (TPSA) is 44.5 Å². The quantitative estimate of drug-likeness (QED) is 0.917. The first kappa shape index (κ1) is 12.7. The number of para-hydroxylation sites is 1. The van der Waals surface area contributed by atoms with E-state index in [-0.39, 0.29) is 0 Å². The number of rotatable bonds is 4. The summed E-state index contributed by atoms with van der Waals surface area (Å²) in [5.74, 6) is 1.97. The third-order valence-electron chi connectivity index (χ3n) is 2.55. The molecule has 0 heterocycles. The molecule has 94 valence electrons. The highest BCUT2D eigenvalue weighted by atomic mass is 35.5. The van der Waals surface area contributed by atoms with Crippen LogP contribution in [0.25, 0.3) is 0 Å². The SMILES string of the molecule is COc1ccc(CN)c(Oc2ccccc2Cl)c1. The van der Waals surface area contributed by atoms with Crippen molar-refractivity contribution in [1.29, 1.82) is 0 Å². The Morgan fingerprint density at radius 1 is 1.11 bits per heavy atom. The normalized spacial score (nSPS) is 10.2. The van der Waals surface area contributed by atoms with Gasteiger partial charge in [-0.3, -0.25) is 0 Å². The summed E-state index contributed by atoms with van der Waals surface area (Å²) in [4.78, 5) is 0. The number of halogens is 1. The molecule has 0 amide bonds. The smallest absolute Gasteiger partial charge is 0.146 e. The number of ether oxygens (including phenoxy) is 2. The van der Waals surface area contributed by atoms with Crippen LogP contribution in [-0.4, -0.2) is 7.11 Å². The monoisotopic (exact) mass is 263 g/mol. The average Bonchev–Trinajstić information content (AvgIpc) is 2.41. The van der Waals surface area contributed by atoms with Gasteiger partial charge in [0.05, 0.1) is 12.1 Å². The maximum Gasteiger partial charge on any atom is 0.146 e. The van der Waals surface area contributed by atoms with Crippen LogP contribution in [0.2, 0.25) is 5.02 Å². The lowest BCUT2D eigenvalue weighted by Gasteiger charge is -2.12. The Balaban J connectivity index is 2.35. The van der Waals surface area contributed by atoms with Crippen molar-refractivity contribution in [2.24, 2.45) is 5.73 Å². The van der Waals surface area contributed by atoms with E-state index in [1.54, 1.807) is 19.2 Å². The third kappa shape index (κ3) is 2.75. The fourth-order valence-corrected chi connectivity index (χ4v) is 1.75. The fraction of sp³-hybridized carbons (Fsp3) is 0.143. The highest BCUT2D eigenvalue weighted by Crippen LogP contribution is 2.33. The molecular formula is C14H14ClNO2. The van der Waals surface area contributed by atoms with Gasteiger partial charge in [-0.05, 0) is 18.2 Å². The van der Waals surface area contributed by atoms with Gasteiger partial charge in [0.1, 0.15) is 17.2 Å². The number of hydrogen-bond acceptors (Lipinski definition) is 3. The van der Waals surface area contributed by atoms with Crippen LogP contribution in [0.1, 0.15) is 5.56 Å². The maximum absolute atomic E-state index is 6.06. The highest BCUT2D eigenvalue weighted by Gasteiger charge is 2.08. The lowest BCUT2D eigenvalue weighted by molar-refractivity contribution is 0.408. The number of hydrogen-bond donors (Lipinski definition) is 1. The van der Waals surface area contributed by atoms with E-state index in [0.717, 1.165) is 5.56 Å². The van der Waals surface area contributed by atoms with Crippen LogP contribution in [0, 0.1) is 0 Å². The van der Waals surface area contributed by atoms with E-state index >= 15 is 0 Å². The van der Waals surface area contributed by atoms with E-state index in [1.165, 1.54) is 0 Å². The van der Waals surface area contributed by atoms with E-state index in [1.807, 2.05) is 30.3 Å². The fourth-order valence-electron chi connectivity index (χ4n) is 1.57. The van der Waals surface area contributed by atoms with Gasteiger partial charge >= 0.3 is 0 Å². The number of methoxy groups -OCH3 is 1. The van der Waals surface area contributed by atoms with Crippen molar-refractivity contribution in [3.8, 4) is 17.2 Å². The highest BCUT2D eigenvalue weighted by molar-refractivity contribution is 6.32. The second kappa shape index (κ2) is 5.76. The summed E-state index contributed by atoms with van der Waals surface area (Å²) in [5.41, 5.74) is 6.58. The Kier molecular flexibility index (Phi) is 4.07. The zero-order valence-electron chi connectivity index (χ0n) is 10.0. The molecule has 0 unspecified atom stereocenters. The van der Waals surface area contributed by atoms with E-state index in [0.29, 0.717) is 28.8 Å². The Bertz CT molecular complexity index is 543. The molecule has 0 aliphatic carbocycles. The van der Waals surface area contributed by atoms with E-state index in [4.69, 9.17) is 26.8 Å². The van der Waals surface area contributed by atoms with Gasteiger partial charge in [-0.1, -0.05) is 29.8 Å². The molecule has 0 aliphatic rings. The van der Waals surface area contributed by atoms with Crippen LogP contribution in [0.3, 0.4) is 0 Å². The summed E-state index contributed by atoms with van der Waals surface area (Å²) in [6, 6.07) is 12.8. The first-order valence-corrected chi connectivity index (χ1v) is 5.91. The third-order valence-corrected chi connectivity index (χ3v) is 2.86. The molecule has 0 atom stereocenters. The van der Waals surface area contributed by atoms with Crippen molar-refractivity contribution in [2.75, 3.05) is 7.11 Å². The molecule has 0 aromatic heterocycles. The van der Waals surface area contributed by atoms with Crippen molar-refractivity contribution < 1.29 is 9.47 Å². The minimum atomic E-state index is 0.393. The predicted molar refractivity (Wildman–Crippen MR) is 72.4 cm³/mol. The van der Waals surface area contributed by atoms with E-state index in [9.17, 15) is 0 Å². The van der Waals surface area contributed by atoms with Crippen LogP contribution in [0.5, 0.6) is 17.2 Å². The molecular weight excluding hydrogens is 250 g/mol. The van der Waals surface area contributed by atoms with Crippen LogP contribution < -0.4 is 15.2 Å². The molecule has 3 nitrogen and oxygen atoms in total. The lowest BCUT2D eigenvalue weighted by atomic mass is 10.2. The number of benzene rings is 2. The Hall–Kier alpha value is -1.71. The Morgan fingerprint density at radius 2 is 1.89 bits per heavy atom. The standard InChI is InChI=1S/C14H14ClNO2/c1-17-11-7-6-10(9-16)14(8-11)18-13-5-3-2-4-12(13)15/h2-8H,9,16H2,1H3. The minimum Gasteiger partial charge on any atom is -0.497 e. The van der Waals surface area contributed by atoms with E-state index in [2.05, 4.69) is 0 Å². The second-order valence-corrected chi connectivity index (χ2v) is 4.12. The molecule has 0 aliphatic heterocycles. The van der Waals surface area contributed by atoms with Crippen molar-refractivity contribution in [3.05, 3.63) is 53.1 Å². The van der Waals surface area contributed by atoms with Crippen LogP contribution in [0.4, 0.5) is 0 Å². The molecule has 2 rings (SSSR count). The molecule has 0 spiro atoms. The van der Waals surface area contributed by atoms with Crippen molar-refractivity contribution in [1.82, 2.24) is 0 Å². The number of nitrogens with two attached hydrogens (primary N) is 1. The molecule has 0 radical (unpaired) electrons. The summed E-state index contributed by atoms with van der Waals surface area (Å²) in [6.07, 6.45) is 0. The van der Waals surface area contributed by atoms with E-state index < -0.39 is 0 Å². The van der Waals surface area contributed by atoms with Crippen LogP contribution in [0.15, 0.2) is 42.5 Å².